The Morgan fingerprint density at radius 3 is 2.00 bits per heavy atom. The average molecular weight is 580 g/mol. The molecule has 17 heteroatoms. The van der Waals surface area contributed by atoms with Gasteiger partial charge in [0.15, 0.2) is 5.96 Å². The minimum Gasteiger partial charge on any atom is -0.480 e. The number of aromatic amines is 2. The Morgan fingerprint density at radius 1 is 0.925 bits per heavy atom. The van der Waals surface area contributed by atoms with Crippen molar-refractivity contribution in [3.05, 3.63) is 36.4 Å². The molecule has 0 radical (unpaired) electrons. The van der Waals surface area contributed by atoms with Crippen LogP contribution in [0.15, 0.2) is 30.0 Å². The van der Waals surface area contributed by atoms with Crippen molar-refractivity contribution in [3.63, 3.8) is 0 Å². The lowest BCUT2D eigenvalue weighted by atomic mass is 10.1. The number of aromatic nitrogens is 4. The van der Waals surface area contributed by atoms with Crippen LogP contribution in [0.3, 0.4) is 0 Å². The molecule has 0 aromatic carbocycles. The number of guanidine groups is 1. The number of aliphatic carboxylic acids is 1. The van der Waals surface area contributed by atoms with Crippen molar-refractivity contribution < 1.29 is 24.3 Å². The second-order valence-corrected chi connectivity index (χ2v) is 9.91. The van der Waals surface area contributed by atoms with E-state index in [1.165, 1.54) is 36.8 Å². The number of nitrogens with two attached hydrogens (primary N) is 3. The minimum atomic E-state index is -1.25. The highest BCUT2D eigenvalue weighted by atomic mass is 32.2. The molecular formula is C23H37N11O5S. The standard InChI is InChI=1S/C23H37N11O5S/c1-40-6-4-16(20(36)34-18(22(38)39)8-14-10-28-12-31-14)32-21(37)17(7-13-9-27-11-30-13)33-19(35)15(24)3-2-5-29-23(25)26/h9-12,15-18H,2-8,24H2,1H3,(H,27,30)(H,28,31)(H,32,37)(H,33,35)(H,34,36)(H,38,39)(H4,25,26,29). The zero-order valence-electron chi connectivity index (χ0n) is 22.1. The maximum atomic E-state index is 13.4. The Hall–Kier alpha value is -4.12. The first-order chi connectivity index (χ1) is 19.1. The van der Waals surface area contributed by atoms with E-state index in [2.05, 4.69) is 40.9 Å². The highest BCUT2D eigenvalue weighted by Gasteiger charge is 2.30. The van der Waals surface area contributed by atoms with Crippen molar-refractivity contribution in [1.82, 2.24) is 35.9 Å². The molecule has 4 unspecified atom stereocenters. The number of hydrogen-bond donors (Lipinski definition) is 9. The number of nitrogens with one attached hydrogen (secondary N) is 5. The summed E-state index contributed by atoms with van der Waals surface area (Å²) in [5.41, 5.74) is 17.7. The monoisotopic (exact) mass is 579 g/mol. The van der Waals surface area contributed by atoms with Gasteiger partial charge in [-0.1, -0.05) is 0 Å². The molecule has 2 aromatic rings. The Labute approximate surface area is 235 Å². The molecule has 0 bridgehead atoms. The Bertz CT molecular complexity index is 1110. The molecule has 220 valence electrons. The van der Waals surface area contributed by atoms with E-state index in [4.69, 9.17) is 17.2 Å². The van der Waals surface area contributed by atoms with E-state index < -0.39 is 47.9 Å². The van der Waals surface area contributed by atoms with Gasteiger partial charge < -0.3 is 48.2 Å². The lowest BCUT2D eigenvalue weighted by Crippen LogP contribution is -2.58. The van der Waals surface area contributed by atoms with Gasteiger partial charge in [0.25, 0.3) is 0 Å². The van der Waals surface area contributed by atoms with E-state index in [0.29, 0.717) is 30.1 Å². The van der Waals surface area contributed by atoms with E-state index in [1.54, 1.807) is 0 Å². The first kappa shape index (κ1) is 32.1. The third-order valence-corrected chi connectivity index (χ3v) is 6.40. The van der Waals surface area contributed by atoms with Crippen LogP contribution in [0, 0.1) is 0 Å². The summed E-state index contributed by atoms with van der Waals surface area (Å²) in [5, 5.41) is 17.4. The van der Waals surface area contributed by atoms with Crippen molar-refractivity contribution >= 4 is 41.4 Å². The number of imidazole rings is 2. The van der Waals surface area contributed by atoms with E-state index in [-0.39, 0.29) is 31.6 Å². The van der Waals surface area contributed by atoms with Gasteiger partial charge in [0, 0.05) is 43.2 Å². The molecule has 16 nitrogen and oxygen atoms in total. The third kappa shape index (κ3) is 11.3. The summed E-state index contributed by atoms with van der Waals surface area (Å²) >= 11 is 1.46. The van der Waals surface area contributed by atoms with Crippen molar-refractivity contribution in [3.8, 4) is 0 Å². The summed E-state index contributed by atoms with van der Waals surface area (Å²) in [7, 11) is 0. The van der Waals surface area contributed by atoms with Crippen LogP contribution < -0.4 is 33.2 Å². The van der Waals surface area contributed by atoms with E-state index >= 15 is 0 Å². The van der Waals surface area contributed by atoms with Crippen LogP contribution in [0.5, 0.6) is 0 Å². The number of carboxylic acid groups (broad SMARTS) is 1. The zero-order valence-corrected chi connectivity index (χ0v) is 22.9. The summed E-state index contributed by atoms with van der Waals surface area (Å²) in [5.74, 6) is -2.68. The number of thioether (sulfide) groups is 1. The lowest BCUT2D eigenvalue weighted by Gasteiger charge is -2.25. The number of aliphatic imine (C=N–C) groups is 1. The van der Waals surface area contributed by atoms with Crippen LogP contribution >= 0.6 is 11.8 Å². The lowest BCUT2D eigenvalue weighted by molar-refractivity contribution is -0.142. The number of carbonyl (C=O) groups is 4. The fraction of sp³-hybridized carbons (Fsp3) is 0.522. The summed E-state index contributed by atoms with van der Waals surface area (Å²) in [4.78, 5) is 68.4. The first-order valence-electron chi connectivity index (χ1n) is 12.5. The predicted molar refractivity (Wildman–Crippen MR) is 149 cm³/mol. The number of carbonyl (C=O) groups excluding carboxylic acids is 3. The number of nitrogens with zero attached hydrogens (tertiary/aromatic N) is 3. The van der Waals surface area contributed by atoms with Crippen LogP contribution in [-0.2, 0) is 32.0 Å². The van der Waals surface area contributed by atoms with Crippen molar-refractivity contribution in [1.29, 1.82) is 0 Å². The van der Waals surface area contributed by atoms with Crippen LogP contribution in [0.25, 0.3) is 0 Å². The summed E-state index contributed by atoms with van der Waals surface area (Å²) in [6, 6.07) is -4.33. The maximum Gasteiger partial charge on any atom is 0.326 e. The fourth-order valence-electron chi connectivity index (χ4n) is 3.62. The van der Waals surface area contributed by atoms with Gasteiger partial charge in [-0.15, -0.1) is 0 Å². The molecule has 0 fully saturated rings. The van der Waals surface area contributed by atoms with Crippen molar-refractivity contribution in [2.24, 2.45) is 22.2 Å². The van der Waals surface area contributed by atoms with Gasteiger partial charge in [0.05, 0.1) is 18.7 Å². The smallest absolute Gasteiger partial charge is 0.326 e. The molecule has 40 heavy (non-hydrogen) atoms. The van der Waals surface area contributed by atoms with E-state index in [1.807, 2.05) is 6.26 Å². The molecule has 2 heterocycles. The van der Waals surface area contributed by atoms with Gasteiger partial charge in [-0.05, 0) is 31.3 Å². The molecule has 2 rings (SSSR count). The highest BCUT2D eigenvalue weighted by Crippen LogP contribution is 2.07. The minimum absolute atomic E-state index is 0.0240. The fourth-order valence-corrected chi connectivity index (χ4v) is 4.09. The molecule has 2 aromatic heterocycles. The molecule has 0 saturated carbocycles. The van der Waals surface area contributed by atoms with E-state index in [0.717, 1.165) is 0 Å². The Balaban J connectivity index is 2.11. The van der Waals surface area contributed by atoms with Crippen molar-refractivity contribution in [2.75, 3.05) is 18.6 Å². The predicted octanol–water partition coefficient (Wildman–Crippen LogP) is -2.41. The molecule has 0 saturated heterocycles. The molecular weight excluding hydrogens is 542 g/mol. The van der Waals surface area contributed by atoms with E-state index in [9.17, 15) is 24.3 Å². The number of H-pyrrole nitrogens is 2. The summed E-state index contributed by atoms with van der Waals surface area (Å²) < 4.78 is 0. The topological polar surface area (TPSA) is 272 Å². The van der Waals surface area contributed by atoms with Crippen molar-refractivity contribution in [2.45, 2.75) is 56.3 Å². The SMILES string of the molecule is CSCCC(NC(=O)C(Cc1cnc[nH]1)NC(=O)C(N)CCCN=C(N)N)C(=O)NC(Cc1cnc[nH]1)C(=O)O. The molecule has 4 atom stereocenters. The third-order valence-electron chi connectivity index (χ3n) is 5.75. The molecule has 3 amide bonds. The highest BCUT2D eigenvalue weighted by molar-refractivity contribution is 7.98. The summed E-state index contributed by atoms with van der Waals surface area (Å²) in [6.45, 7) is 0.297. The number of amides is 3. The van der Waals surface area contributed by atoms with Gasteiger partial charge >= 0.3 is 5.97 Å². The second kappa shape index (κ2) is 16.8. The normalized spacial score (nSPS) is 13.8. The zero-order chi connectivity index (χ0) is 29.5. The second-order valence-electron chi connectivity index (χ2n) is 8.92. The summed E-state index contributed by atoms with van der Waals surface area (Å²) in [6.07, 6.45) is 8.61. The molecule has 0 aliphatic carbocycles. The van der Waals surface area contributed by atoms with Crippen LogP contribution in [-0.4, -0.2) is 97.4 Å². The van der Waals surface area contributed by atoms with Crippen LogP contribution in [0.2, 0.25) is 0 Å². The average Bonchev–Trinajstić information content (AvgIpc) is 3.62. The molecule has 0 aliphatic rings. The van der Waals surface area contributed by atoms with Gasteiger partial charge in [-0.2, -0.15) is 11.8 Å². The maximum absolute atomic E-state index is 13.4. The van der Waals surface area contributed by atoms with Crippen LogP contribution in [0.1, 0.15) is 30.7 Å². The quantitative estimate of drug-likeness (QED) is 0.0509. The Morgan fingerprint density at radius 2 is 1.48 bits per heavy atom. The Kier molecular flexibility index (Phi) is 13.4. The van der Waals surface area contributed by atoms with Gasteiger partial charge in [0.2, 0.25) is 17.7 Å². The number of carboxylic acids is 1. The number of rotatable bonds is 18. The molecule has 0 spiro atoms. The largest absolute Gasteiger partial charge is 0.480 e. The van der Waals surface area contributed by atoms with Gasteiger partial charge in [-0.25, -0.2) is 14.8 Å². The first-order valence-corrected chi connectivity index (χ1v) is 13.9. The molecule has 0 aliphatic heterocycles. The molecule has 12 N–H and O–H groups in total. The van der Waals surface area contributed by atoms with Gasteiger partial charge in [0.1, 0.15) is 18.1 Å². The number of hydrogen-bond acceptors (Lipinski definition) is 9. The van der Waals surface area contributed by atoms with Crippen LogP contribution in [0.4, 0.5) is 0 Å². The van der Waals surface area contributed by atoms with Gasteiger partial charge in [-0.3, -0.25) is 19.4 Å².